The first kappa shape index (κ1) is 47.9. The van der Waals surface area contributed by atoms with Crippen molar-refractivity contribution in [1.82, 2.24) is 4.90 Å². The Morgan fingerprint density at radius 2 is 1.25 bits per heavy atom. The highest BCUT2D eigenvalue weighted by atomic mass is 28.3. The Labute approximate surface area is 436 Å². The molecule has 7 aromatic carbocycles. The molecule has 14 heteroatoms. The third-order valence-corrected chi connectivity index (χ3v) is 20.5. The van der Waals surface area contributed by atoms with E-state index in [1.807, 2.05) is 127 Å². The van der Waals surface area contributed by atoms with Crippen molar-refractivity contribution in [2.24, 2.45) is 5.92 Å². The summed E-state index contributed by atoms with van der Waals surface area (Å²) in [6.45, 7) is 7.20. The fraction of sp³-hybridized carbons (Fsp3) is 0.246. The molecular formula is C61H56N4O9Si. The van der Waals surface area contributed by atoms with E-state index in [2.05, 4.69) is 32.2 Å². The van der Waals surface area contributed by atoms with Gasteiger partial charge in [-0.3, -0.25) is 29.0 Å². The van der Waals surface area contributed by atoms with Crippen LogP contribution < -0.4 is 34.1 Å². The topological polar surface area (TPSA) is 138 Å². The standard InChI is InChI=1S/C61H56N4O9Si/c1-38-57(75(3,4)44-30-28-43(71-2)29-31-44)55(35-56(67)62-33-13-14-42(62)37-66)74-61(38)47-34-41(65-50-18-8-12-22-54(50)73-52-20-10-6-16-46(52)59(65)69)27-32-48(47)63(60(61)70)36-39-23-25-40(26-24-39)64-49-17-7-11-21-53(49)72-51-19-9-5-15-45(51)58(64)68/h5-12,15-32,34,38,42,55,57,66H,13-14,33,35-37H2,1-4H3/t38-,42-,55+,57-,61+/m0/s1. The quantitative estimate of drug-likeness (QED) is 0.133. The van der Waals surface area contributed by atoms with Crippen LogP contribution in [0.15, 0.2) is 164 Å². The number of anilines is 5. The molecule has 0 bridgehead atoms. The fourth-order valence-electron chi connectivity index (χ4n) is 12.5. The van der Waals surface area contributed by atoms with Gasteiger partial charge in [-0.1, -0.05) is 98.0 Å². The van der Waals surface area contributed by atoms with E-state index in [1.54, 1.807) is 51.0 Å². The molecule has 0 unspecified atom stereocenters. The van der Waals surface area contributed by atoms with Gasteiger partial charge >= 0.3 is 0 Å². The molecule has 12 rings (SSSR count). The van der Waals surface area contributed by atoms with Crippen molar-refractivity contribution in [3.05, 3.63) is 186 Å². The normalized spacial score (nSPS) is 21.6. The van der Waals surface area contributed by atoms with Crippen molar-refractivity contribution >= 4 is 65.3 Å². The molecule has 1 spiro atoms. The largest absolute Gasteiger partial charge is 0.497 e. The predicted molar refractivity (Wildman–Crippen MR) is 289 cm³/mol. The van der Waals surface area contributed by atoms with Crippen LogP contribution in [0.25, 0.3) is 0 Å². The number of ether oxygens (including phenoxy) is 4. The minimum absolute atomic E-state index is 0.0174. The molecular weight excluding hydrogens is 961 g/mol. The molecule has 5 heterocycles. The molecule has 13 nitrogen and oxygen atoms in total. The van der Waals surface area contributed by atoms with Gasteiger partial charge in [-0.2, -0.15) is 0 Å². The number of carbonyl (C=O) groups is 4. The molecule has 378 valence electrons. The summed E-state index contributed by atoms with van der Waals surface area (Å²) in [5.41, 5.74) is 3.21. The van der Waals surface area contributed by atoms with Crippen LogP contribution in [-0.4, -0.2) is 74.1 Å². The lowest BCUT2D eigenvalue weighted by Crippen LogP contribution is -2.52. The highest BCUT2D eigenvalue weighted by Crippen LogP contribution is 2.61. The number of aliphatic hydroxyl groups is 1. The van der Waals surface area contributed by atoms with E-state index < -0.39 is 25.7 Å². The van der Waals surface area contributed by atoms with Crippen LogP contribution in [-0.2, 0) is 26.5 Å². The van der Waals surface area contributed by atoms with Gasteiger partial charge in [0.15, 0.2) is 17.1 Å². The first-order valence-electron chi connectivity index (χ1n) is 25.6. The number of carbonyl (C=O) groups excluding carboxylic acids is 4. The molecule has 2 fully saturated rings. The van der Waals surface area contributed by atoms with E-state index in [4.69, 9.17) is 18.9 Å². The number of benzene rings is 7. The Kier molecular flexibility index (Phi) is 12.0. The predicted octanol–water partition coefficient (Wildman–Crippen LogP) is 11.0. The number of hydrogen-bond acceptors (Lipinski definition) is 9. The second-order valence-corrected chi connectivity index (χ2v) is 25.3. The summed E-state index contributed by atoms with van der Waals surface area (Å²) in [5.74, 6) is 1.25. The van der Waals surface area contributed by atoms with Crippen molar-refractivity contribution in [2.75, 3.05) is 35.0 Å². The minimum atomic E-state index is -2.70. The van der Waals surface area contributed by atoms with Crippen molar-refractivity contribution in [3.8, 4) is 28.7 Å². The van der Waals surface area contributed by atoms with Crippen LogP contribution in [0.2, 0.25) is 18.6 Å². The fourth-order valence-corrected chi connectivity index (χ4v) is 16.5. The lowest BCUT2D eigenvalue weighted by molar-refractivity contribution is -0.150. The molecule has 0 saturated carbocycles. The van der Waals surface area contributed by atoms with E-state index in [-0.39, 0.29) is 54.8 Å². The summed E-state index contributed by atoms with van der Waals surface area (Å²) < 4.78 is 25.8. The second kappa shape index (κ2) is 18.7. The summed E-state index contributed by atoms with van der Waals surface area (Å²) in [6, 6.07) is 50.3. The lowest BCUT2D eigenvalue weighted by Gasteiger charge is -2.37. The monoisotopic (exact) mass is 1020 g/mol. The average Bonchev–Trinajstić information content (AvgIpc) is 4.05. The molecule has 5 aliphatic heterocycles. The molecule has 7 aromatic rings. The van der Waals surface area contributed by atoms with Crippen molar-refractivity contribution in [2.45, 2.75) is 69.1 Å². The molecule has 0 aromatic heterocycles. The molecule has 1 N–H and O–H groups in total. The highest BCUT2D eigenvalue weighted by molar-refractivity contribution is 6.91. The maximum Gasteiger partial charge on any atom is 0.266 e. The SMILES string of the molecule is COc1ccc([Si](C)(C)[C@@H]2[C@@H](CC(=O)N3CCC[C@H]3CO)O[C@]3(C(=O)N(Cc4ccc(N5C(=O)c6ccccc6Oc6ccccc65)cc4)c4ccc(N5C(=O)c6ccccc6Oc6ccccc65)cc43)[C@H]2C)cc1. The van der Waals surface area contributed by atoms with Gasteiger partial charge in [0.05, 0.1) is 75.1 Å². The van der Waals surface area contributed by atoms with Crippen LogP contribution in [0.3, 0.4) is 0 Å². The first-order valence-corrected chi connectivity index (χ1v) is 28.7. The number of aliphatic hydroxyl groups excluding tert-OH is 1. The van der Waals surface area contributed by atoms with Gasteiger partial charge < -0.3 is 33.9 Å². The smallest absolute Gasteiger partial charge is 0.266 e. The second-order valence-electron chi connectivity index (χ2n) is 20.6. The summed E-state index contributed by atoms with van der Waals surface area (Å²) in [7, 11) is -1.07. The summed E-state index contributed by atoms with van der Waals surface area (Å²) in [4.78, 5) is 66.9. The first-order chi connectivity index (χ1) is 36.4. The van der Waals surface area contributed by atoms with Crippen LogP contribution in [0.4, 0.5) is 28.4 Å². The van der Waals surface area contributed by atoms with Gasteiger partial charge in [0, 0.05) is 29.4 Å². The molecule has 5 aliphatic rings. The van der Waals surface area contributed by atoms with Gasteiger partial charge in [-0.05, 0) is 115 Å². The Morgan fingerprint density at radius 3 is 1.85 bits per heavy atom. The van der Waals surface area contributed by atoms with Crippen LogP contribution >= 0.6 is 0 Å². The number of likely N-dealkylation sites (tertiary alicyclic amines) is 1. The number of methoxy groups -OCH3 is 1. The average molecular weight is 1020 g/mol. The van der Waals surface area contributed by atoms with Crippen molar-refractivity contribution < 1.29 is 43.2 Å². The van der Waals surface area contributed by atoms with Crippen LogP contribution in [0, 0.1) is 5.92 Å². The van der Waals surface area contributed by atoms with Crippen molar-refractivity contribution in [1.29, 1.82) is 0 Å². The van der Waals surface area contributed by atoms with Gasteiger partial charge in [-0.25, -0.2) is 0 Å². The summed E-state index contributed by atoms with van der Waals surface area (Å²) in [6.07, 6.45) is 0.830. The molecule has 5 atom stereocenters. The van der Waals surface area contributed by atoms with Crippen LogP contribution in [0.5, 0.6) is 28.7 Å². The number of hydrogen-bond donors (Lipinski definition) is 1. The highest BCUT2D eigenvalue weighted by Gasteiger charge is 2.67. The van der Waals surface area contributed by atoms with Gasteiger partial charge in [0.25, 0.3) is 17.7 Å². The van der Waals surface area contributed by atoms with Crippen molar-refractivity contribution in [3.63, 3.8) is 0 Å². The number of nitrogens with zero attached hydrogens (tertiary/aromatic N) is 4. The number of amides is 4. The van der Waals surface area contributed by atoms with Gasteiger partial charge in [0.2, 0.25) is 5.91 Å². The zero-order chi connectivity index (χ0) is 51.8. The maximum absolute atomic E-state index is 16.2. The molecule has 2 saturated heterocycles. The van der Waals surface area contributed by atoms with E-state index in [9.17, 15) is 19.5 Å². The third kappa shape index (κ3) is 7.80. The van der Waals surface area contributed by atoms with E-state index in [1.165, 1.54) is 0 Å². The Bertz CT molecular complexity index is 3420. The Morgan fingerprint density at radius 1 is 0.693 bits per heavy atom. The van der Waals surface area contributed by atoms with Crippen LogP contribution in [0.1, 0.15) is 58.0 Å². The van der Waals surface area contributed by atoms with E-state index in [0.29, 0.717) is 81.1 Å². The van der Waals surface area contributed by atoms with E-state index >= 15 is 4.79 Å². The van der Waals surface area contributed by atoms with Gasteiger partial charge in [0.1, 0.15) is 17.2 Å². The minimum Gasteiger partial charge on any atom is -0.497 e. The molecule has 0 radical (unpaired) electrons. The molecule has 4 amide bonds. The number of para-hydroxylation sites is 6. The van der Waals surface area contributed by atoms with E-state index in [0.717, 1.165) is 22.9 Å². The summed E-state index contributed by atoms with van der Waals surface area (Å²) in [5, 5.41) is 11.5. The zero-order valence-corrected chi connectivity index (χ0v) is 43.1. The number of fused-ring (bicyclic) bond motifs is 6. The molecule has 75 heavy (non-hydrogen) atoms. The Hall–Kier alpha value is -8.04. The maximum atomic E-state index is 16.2. The Balaban J connectivity index is 0.981. The number of rotatable bonds is 10. The van der Waals surface area contributed by atoms with Gasteiger partial charge in [-0.15, -0.1) is 0 Å². The summed E-state index contributed by atoms with van der Waals surface area (Å²) >= 11 is 0. The molecule has 0 aliphatic carbocycles. The third-order valence-electron chi connectivity index (χ3n) is 16.2. The lowest BCUT2D eigenvalue weighted by atomic mass is 9.82. The zero-order valence-electron chi connectivity index (χ0n) is 42.1.